The van der Waals surface area contributed by atoms with Crippen LogP contribution in [0.15, 0.2) is 30.3 Å². The topological polar surface area (TPSA) is 12.0 Å². The maximum Gasteiger partial charge on any atom is 0.0140 e. The van der Waals surface area contributed by atoms with E-state index >= 15 is 0 Å². The van der Waals surface area contributed by atoms with Crippen LogP contribution < -0.4 is 5.32 Å². The molecule has 1 aromatic carbocycles. The molecule has 0 aliphatic heterocycles. The van der Waals surface area contributed by atoms with E-state index in [2.05, 4.69) is 55.6 Å². The molecule has 0 heterocycles. The molecule has 0 unspecified atom stereocenters. The number of hydrogen-bond acceptors (Lipinski definition) is 1. The highest BCUT2D eigenvalue weighted by Gasteiger charge is 2.18. The minimum Gasteiger partial charge on any atom is -0.311 e. The Morgan fingerprint density at radius 3 is 2.50 bits per heavy atom. The zero-order valence-electron chi connectivity index (χ0n) is 10.2. The maximum atomic E-state index is 3.47. The van der Waals surface area contributed by atoms with Gasteiger partial charge in [-0.25, -0.2) is 0 Å². The van der Waals surface area contributed by atoms with Gasteiger partial charge in [0.05, 0.1) is 0 Å². The fourth-order valence-electron chi connectivity index (χ4n) is 1.71. The zero-order valence-corrected chi connectivity index (χ0v) is 10.2. The summed E-state index contributed by atoms with van der Waals surface area (Å²) in [5.41, 5.74) is 2.70. The van der Waals surface area contributed by atoms with Crippen molar-refractivity contribution in [2.24, 2.45) is 0 Å². The van der Waals surface area contributed by atoms with Crippen LogP contribution >= 0.6 is 0 Å². The lowest BCUT2D eigenvalue weighted by atomic mass is 10.0. The van der Waals surface area contributed by atoms with Crippen LogP contribution in [0, 0.1) is 0 Å². The van der Waals surface area contributed by atoms with Crippen LogP contribution in [0.4, 0.5) is 0 Å². The third-order valence-corrected chi connectivity index (χ3v) is 3.02. The first kappa shape index (κ1) is 11.4. The summed E-state index contributed by atoms with van der Waals surface area (Å²) >= 11 is 0. The molecule has 1 N–H and O–H groups in total. The lowest BCUT2D eigenvalue weighted by molar-refractivity contribution is 0.754. The Morgan fingerprint density at radius 1 is 1.25 bits per heavy atom. The van der Waals surface area contributed by atoms with Crippen molar-refractivity contribution in [2.75, 3.05) is 6.54 Å². The van der Waals surface area contributed by atoms with Gasteiger partial charge in [-0.15, -0.1) is 0 Å². The van der Waals surface area contributed by atoms with Gasteiger partial charge >= 0.3 is 0 Å². The van der Waals surface area contributed by atoms with Crippen molar-refractivity contribution in [1.82, 2.24) is 5.32 Å². The largest absolute Gasteiger partial charge is 0.311 e. The summed E-state index contributed by atoms with van der Waals surface area (Å²) in [7, 11) is 0. The first-order valence-corrected chi connectivity index (χ1v) is 6.25. The van der Waals surface area contributed by atoms with Crippen molar-refractivity contribution in [3.8, 4) is 0 Å². The normalized spacial score (nSPS) is 16.2. The van der Waals surface area contributed by atoms with E-state index in [-0.39, 0.29) is 0 Å². The third kappa shape index (κ3) is 3.49. The molecule has 86 valence electrons. The third-order valence-electron chi connectivity index (χ3n) is 3.02. The van der Waals surface area contributed by atoms with Gasteiger partial charge in [0.15, 0.2) is 0 Å². The molecular weight excluding hydrogens is 194 g/mol. The molecule has 0 amide bonds. The van der Waals surface area contributed by atoms with Gasteiger partial charge in [-0.1, -0.05) is 50.3 Å². The standard InChI is InChI=1S/C15H21N/c1-12(2)14-7-5-13(6-8-14)4-3-11-16-15-9-10-15/h3-8,12,15-16H,9-11H2,1-2H3. The van der Waals surface area contributed by atoms with Crippen LogP contribution in [0.2, 0.25) is 0 Å². The summed E-state index contributed by atoms with van der Waals surface area (Å²) in [6.07, 6.45) is 7.12. The van der Waals surface area contributed by atoms with E-state index in [0.29, 0.717) is 5.92 Å². The van der Waals surface area contributed by atoms with E-state index in [4.69, 9.17) is 0 Å². The summed E-state index contributed by atoms with van der Waals surface area (Å²) in [5, 5.41) is 3.47. The molecule has 0 bridgehead atoms. The van der Waals surface area contributed by atoms with Gasteiger partial charge in [-0.3, -0.25) is 0 Å². The van der Waals surface area contributed by atoms with Gasteiger partial charge in [0.2, 0.25) is 0 Å². The monoisotopic (exact) mass is 215 g/mol. The summed E-state index contributed by atoms with van der Waals surface area (Å²) in [4.78, 5) is 0. The Kier molecular flexibility index (Phi) is 3.79. The Labute approximate surface area is 98.6 Å². The number of nitrogens with one attached hydrogen (secondary N) is 1. The summed E-state index contributed by atoms with van der Waals surface area (Å²) < 4.78 is 0. The molecule has 0 atom stereocenters. The first-order valence-electron chi connectivity index (χ1n) is 6.25. The van der Waals surface area contributed by atoms with Gasteiger partial charge in [0.1, 0.15) is 0 Å². The average molecular weight is 215 g/mol. The Morgan fingerprint density at radius 2 is 1.94 bits per heavy atom. The quantitative estimate of drug-likeness (QED) is 0.791. The summed E-state index contributed by atoms with van der Waals surface area (Å²) in [6, 6.07) is 9.64. The molecule has 0 spiro atoms. The zero-order chi connectivity index (χ0) is 11.4. The smallest absolute Gasteiger partial charge is 0.0140 e. The van der Waals surface area contributed by atoms with Gasteiger partial charge < -0.3 is 5.32 Å². The average Bonchev–Trinajstić information content (AvgIpc) is 3.09. The minimum atomic E-state index is 0.620. The second kappa shape index (κ2) is 5.31. The van der Waals surface area contributed by atoms with E-state index in [1.54, 1.807) is 0 Å². The summed E-state index contributed by atoms with van der Waals surface area (Å²) in [6.45, 7) is 5.45. The Hall–Kier alpha value is -1.08. The highest BCUT2D eigenvalue weighted by molar-refractivity contribution is 5.50. The SMILES string of the molecule is CC(C)c1ccc(C=CCNC2CC2)cc1. The van der Waals surface area contributed by atoms with Crippen LogP contribution in [0.25, 0.3) is 6.08 Å². The molecule has 0 aromatic heterocycles. The summed E-state index contributed by atoms with van der Waals surface area (Å²) in [5.74, 6) is 0.620. The molecule has 1 fully saturated rings. The molecule has 2 rings (SSSR count). The van der Waals surface area contributed by atoms with Gasteiger partial charge in [0, 0.05) is 12.6 Å². The molecule has 16 heavy (non-hydrogen) atoms. The molecular formula is C15H21N. The number of benzene rings is 1. The molecule has 1 aliphatic carbocycles. The first-order chi connectivity index (χ1) is 7.75. The molecule has 1 nitrogen and oxygen atoms in total. The predicted octanol–water partition coefficient (Wildman–Crippen LogP) is 3.58. The van der Waals surface area contributed by atoms with E-state index in [1.807, 2.05) is 0 Å². The van der Waals surface area contributed by atoms with Crippen molar-refractivity contribution in [2.45, 2.75) is 38.6 Å². The van der Waals surface area contributed by atoms with E-state index in [0.717, 1.165) is 12.6 Å². The predicted molar refractivity (Wildman–Crippen MR) is 70.6 cm³/mol. The van der Waals surface area contributed by atoms with Crippen LogP contribution in [-0.4, -0.2) is 12.6 Å². The minimum absolute atomic E-state index is 0.620. The fraction of sp³-hybridized carbons (Fsp3) is 0.467. The second-order valence-corrected chi connectivity index (χ2v) is 4.91. The van der Waals surface area contributed by atoms with E-state index < -0.39 is 0 Å². The highest BCUT2D eigenvalue weighted by Crippen LogP contribution is 2.18. The van der Waals surface area contributed by atoms with Crippen molar-refractivity contribution >= 4 is 6.08 Å². The molecule has 1 aliphatic rings. The van der Waals surface area contributed by atoms with E-state index in [9.17, 15) is 0 Å². The molecule has 1 saturated carbocycles. The molecule has 1 aromatic rings. The van der Waals surface area contributed by atoms with Gasteiger partial charge in [-0.2, -0.15) is 0 Å². The molecule has 0 saturated heterocycles. The van der Waals surface area contributed by atoms with Gasteiger partial charge in [-0.05, 0) is 29.9 Å². The van der Waals surface area contributed by atoms with Crippen molar-refractivity contribution in [3.63, 3.8) is 0 Å². The van der Waals surface area contributed by atoms with Gasteiger partial charge in [0.25, 0.3) is 0 Å². The van der Waals surface area contributed by atoms with E-state index in [1.165, 1.54) is 24.0 Å². The Bertz CT molecular complexity index is 344. The maximum absolute atomic E-state index is 3.47. The van der Waals surface area contributed by atoms with Crippen molar-refractivity contribution in [3.05, 3.63) is 41.5 Å². The van der Waals surface area contributed by atoms with Crippen LogP contribution in [-0.2, 0) is 0 Å². The number of rotatable bonds is 5. The molecule has 0 radical (unpaired) electrons. The second-order valence-electron chi connectivity index (χ2n) is 4.91. The van der Waals surface area contributed by atoms with Crippen molar-refractivity contribution in [1.29, 1.82) is 0 Å². The lowest BCUT2D eigenvalue weighted by Gasteiger charge is -2.04. The Balaban J connectivity index is 1.83. The van der Waals surface area contributed by atoms with Crippen LogP contribution in [0.1, 0.15) is 43.7 Å². The fourth-order valence-corrected chi connectivity index (χ4v) is 1.71. The highest BCUT2D eigenvalue weighted by atomic mass is 14.9. The molecule has 1 heteroatoms. The lowest BCUT2D eigenvalue weighted by Crippen LogP contribution is -2.15. The van der Waals surface area contributed by atoms with Crippen LogP contribution in [0.3, 0.4) is 0 Å². The van der Waals surface area contributed by atoms with Crippen molar-refractivity contribution < 1.29 is 0 Å². The number of hydrogen-bond donors (Lipinski definition) is 1. The van der Waals surface area contributed by atoms with Crippen LogP contribution in [0.5, 0.6) is 0 Å².